The molecule has 1 heterocycles. The number of methoxy groups -OCH3 is 2. The van der Waals surface area contributed by atoms with E-state index in [1.807, 2.05) is 0 Å². The minimum absolute atomic E-state index is 0.0199. The van der Waals surface area contributed by atoms with Gasteiger partial charge in [0.15, 0.2) is 5.69 Å². The van der Waals surface area contributed by atoms with Gasteiger partial charge in [0.25, 0.3) is 17.4 Å². The van der Waals surface area contributed by atoms with Crippen LogP contribution in [0.25, 0.3) is 16.8 Å². The number of ether oxygens (including phenoxy) is 2. The summed E-state index contributed by atoms with van der Waals surface area (Å²) in [5.74, 6) is -0.0496. The van der Waals surface area contributed by atoms with E-state index in [9.17, 15) is 14.4 Å². The first kappa shape index (κ1) is 20.6. The molecule has 9 nitrogen and oxygen atoms in total. The summed E-state index contributed by atoms with van der Waals surface area (Å²) in [5.41, 5.74) is 4.92. The summed E-state index contributed by atoms with van der Waals surface area (Å²) < 4.78 is 11.5. The molecule has 2 aromatic carbocycles. The number of carbonyl (C=O) groups is 2. The molecule has 0 fully saturated rings. The van der Waals surface area contributed by atoms with Crippen LogP contribution in [0.3, 0.4) is 0 Å². The van der Waals surface area contributed by atoms with Crippen molar-refractivity contribution >= 4 is 28.7 Å². The Balaban J connectivity index is 1.74. The largest absolute Gasteiger partial charge is 0.497 e. The van der Waals surface area contributed by atoms with E-state index in [0.29, 0.717) is 27.8 Å². The van der Waals surface area contributed by atoms with Crippen LogP contribution in [-0.2, 0) is 11.8 Å². The van der Waals surface area contributed by atoms with Crippen molar-refractivity contribution in [1.82, 2.24) is 20.6 Å². The van der Waals surface area contributed by atoms with Crippen LogP contribution in [0.15, 0.2) is 53.3 Å². The zero-order valence-electron chi connectivity index (χ0n) is 16.6. The van der Waals surface area contributed by atoms with Crippen molar-refractivity contribution < 1.29 is 19.1 Å². The second kappa shape index (κ2) is 8.91. The number of nitrogens with one attached hydrogen (secondary N) is 2. The summed E-state index contributed by atoms with van der Waals surface area (Å²) in [5, 5.41) is 4.76. The highest BCUT2D eigenvalue weighted by Gasteiger charge is 2.15. The van der Waals surface area contributed by atoms with Gasteiger partial charge in [-0.2, -0.15) is 5.10 Å². The van der Waals surface area contributed by atoms with E-state index in [-0.39, 0.29) is 11.3 Å². The van der Waals surface area contributed by atoms with Gasteiger partial charge in [-0.25, -0.2) is 4.68 Å². The third-order valence-electron chi connectivity index (χ3n) is 4.32. The lowest BCUT2D eigenvalue weighted by Gasteiger charge is -2.09. The molecule has 0 saturated carbocycles. The Morgan fingerprint density at radius 2 is 1.77 bits per heavy atom. The minimum Gasteiger partial charge on any atom is -0.497 e. The number of hydrazine groups is 1. The van der Waals surface area contributed by atoms with Crippen LogP contribution in [0.2, 0.25) is 0 Å². The predicted molar refractivity (Wildman–Crippen MR) is 111 cm³/mol. The molecule has 0 spiro atoms. The first-order valence-electron chi connectivity index (χ1n) is 8.91. The maximum atomic E-state index is 12.5. The van der Waals surface area contributed by atoms with Crippen molar-refractivity contribution in [2.75, 3.05) is 14.2 Å². The number of aryl methyl sites for hydroxylation is 1. The molecule has 9 heteroatoms. The zero-order chi connectivity index (χ0) is 21.7. The quantitative estimate of drug-likeness (QED) is 0.488. The van der Waals surface area contributed by atoms with Crippen molar-refractivity contribution in [2.45, 2.75) is 0 Å². The molecule has 2 amide bonds. The lowest BCUT2D eigenvalue weighted by Crippen LogP contribution is -2.42. The molecule has 0 aliphatic rings. The predicted octanol–water partition coefficient (Wildman–Crippen LogP) is 1.43. The van der Waals surface area contributed by atoms with E-state index in [1.54, 1.807) is 42.5 Å². The number of hydrogen-bond acceptors (Lipinski definition) is 6. The van der Waals surface area contributed by atoms with Crippen LogP contribution in [0.4, 0.5) is 0 Å². The molecule has 3 aromatic rings. The fraction of sp³-hybridized carbons (Fsp3) is 0.143. The van der Waals surface area contributed by atoms with Crippen LogP contribution < -0.4 is 25.9 Å². The number of amides is 2. The van der Waals surface area contributed by atoms with Crippen LogP contribution in [0.1, 0.15) is 16.1 Å². The topological polar surface area (TPSA) is 112 Å². The molecule has 0 unspecified atom stereocenters. The van der Waals surface area contributed by atoms with Crippen LogP contribution in [-0.4, -0.2) is 35.8 Å². The molecular formula is C21H20N4O5. The number of aromatic nitrogens is 2. The van der Waals surface area contributed by atoms with E-state index in [0.717, 1.165) is 4.68 Å². The van der Waals surface area contributed by atoms with E-state index < -0.39 is 11.8 Å². The molecule has 0 aliphatic heterocycles. The minimum atomic E-state index is -0.650. The molecule has 0 bridgehead atoms. The van der Waals surface area contributed by atoms with Crippen molar-refractivity contribution in [3.05, 3.63) is 70.2 Å². The Hall–Kier alpha value is -4.14. The molecular weight excluding hydrogens is 388 g/mol. The standard InChI is InChI=1S/C21H20N4O5/c1-25-21(28)16-7-5-4-6-15(16)19(24-25)20(27)23-22-18(26)11-8-13-12-14(29-2)9-10-17(13)30-3/h4-12H,1-3H3,(H,22,26)(H,23,27)/b11-8+. The highest BCUT2D eigenvalue weighted by atomic mass is 16.5. The molecule has 0 saturated heterocycles. The van der Waals surface area contributed by atoms with Gasteiger partial charge in [-0.05, 0) is 30.3 Å². The Morgan fingerprint density at radius 1 is 1.03 bits per heavy atom. The Labute approximate surface area is 171 Å². The van der Waals surface area contributed by atoms with Gasteiger partial charge in [-0.3, -0.25) is 25.2 Å². The smallest absolute Gasteiger partial charge is 0.290 e. The molecule has 2 N–H and O–H groups in total. The summed E-state index contributed by atoms with van der Waals surface area (Å²) in [7, 11) is 4.51. The lowest BCUT2D eigenvalue weighted by molar-refractivity contribution is -0.117. The normalized spacial score (nSPS) is 10.8. The summed E-state index contributed by atoms with van der Waals surface area (Å²) in [6, 6.07) is 11.8. The van der Waals surface area contributed by atoms with Gasteiger partial charge < -0.3 is 9.47 Å². The van der Waals surface area contributed by atoms with E-state index in [4.69, 9.17) is 9.47 Å². The van der Waals surface area contributed by atoms with Gasteiger partial charge in [0.2, 0.25) is 0 Å². The highest BCUT2D eigenvalue weighted by Crippen LogP contribution is 2.25. The monoisotopic (exact) mass is 408 g/mol. The number of benzene rings is 2. The van der Waals surface area contributed by atoms with Gasteiger partial charge in [0.05, 0.1) is 19.6 Å². The molecule has 154 valence electrons. The number of rotatable bonds is 5. The molecule has 0 radical (unpaired) electrons. The maximum absolute atomic E-state index is 12.5. The Bertz CT molecular complexity index is 1200. The number of hydrogen-bond donors (Lipinski definition) is 2. The van der Waals surface area contributed by atoms with Crippen LogP contribution in [0, 0.1) is 0 Å². The first-order valence-corrected chi connectivity index (χ1v) is 8.91. The van der Waals surface area contributed by atoms with Gasteiger partial charge in [-0.1, -0.05) is 18.2 Å². The Morgan fingerprint density at radius 3 is 2.47 bits per heavy atom. The van der Waals surface area contributed by atoms with Crippen molar-refractivity contribution in [2.24, 2.45) is 7.05 Å². The van der Waals surface area contributed by atoms with Crippen LogP contribution in [0.5, 0.6) is 11.5 Å². The zero-order valence-corrected chi connectivity index (χ0v) is 16.6. The highest BCUT2D eigenvalue weighted by molar-refractivity contribution is 6.05. The van der Waals surface area contributed by atoms with Crippen molar-refractivity contribution in [3.63, 3.8) is 0 Å². The maximum Gasteiger partial charge on any atom is 0.290 e. The number of fused-ring (bicyclic) bond motifs is 1. The van der Waals surface area contributed by atoms with E-state index in [2.05, 4.69) is 16.0 Å². The fourth-order valence-electron chi connectivity index (χ4n) is 2.82. The van der Waals surface area contributed by atoms with Gasteiger partial charge in [0.1, 0.15) is 11.5 Å². The number of nitrogens with zero attached hydrogens (tertiary/aromatic N) is 2. The molecule has 1 aromatic heterocycles. The molecule has 0 atom stereocenters. The SMILES string of the molecule is COc1ccc(OC)c(/C=C/C(=O)NNC(=O)c2nn(C)c(=O)c3ccccc23)c1. The van der Waals surface area contributed by atoms with Crippen molar-refractivity contribution in [3.8, 4) is 11.5 Å². The van der Waals surface area contributed by atoms with Gasteiger partial charge in [0, 0.05) is 24.1 Å². The van der Waals surface area contributed by atoms with Crippen molar-refractivity contribution in [1.29, 1.82) is 0 Å². The molecule has 30 heavy (non-hydrogen) atoms. The summed E-state index contributed by atoms with van der Waals surface area (Å²) in [6.45, 7) is 0. The van der Waals surface area contributed by atoms with E-state index in [1.165, 1.54) is 33.4 Å². The van der Waals surface area contributed by atoms with E-state index >= 15 is 0 Å². The summed E-state index contributed by atoms with van der Waals surface area (Å²) in [4.78, 5) is 36.8. The second-order valence-corrected chi connectivity index (χ2v) is 6.21. The summed E-state index contributed by atoms with van der Waals surface area (Å²) in [6.07, 6.45) is 2.77. The average Bonchev–Trinajstić information content (AvgIpc) is 2.78. The molecule has 0 aliphatic carbocycles. The number of carbonyl (C=O) groups excluding carboxylic acids is 2. The van der Waals surface area contributed by atoms with Crippen LogP contribution >= 0.6 is 0 Å². The average molecular weight is 408 g/mol. The third-order valence-corrected chi connectivity index (χ3v) is 4.32. The van der Waals surface area contributed by atoms with Gasteiger partial charge in [-0.15, -0.1) is 0 Å². The first-order chi connectivity index (χ1) is 14.4. The van der Waals surface area contributed by atoms with Gasteiger partial charge >= 0.3 is 0 Å². The molecule has 3 rings (SSSR count). The fourth-order valence-corrected chi connectivity index (χ4v) is 2.82. The second-order valence-electron chi connectivity index (χ2n) is 6.21. The third kappa shape index (κ3) is 4.30. The lowest BCUT2D eigenvalue weighted by atomic mass is 10.1. The summed E-state index contributed by atoms with van der Waals surface area (Å²) >= 11 is 0. The Kier molecular flexibility index (Phi) is 6.11.